The highest BCUT2D eigenvalue weighted by atomic mass is 127. The average molecular weight is 549 g/mol. The Morgan fingerprint density at radius 3 is 2.43 bits per heavy atom. The summed E-state index contributed by atoms with van der Waals surface area (Å²) in [6.07, 6.45) is 5.32. The van der Waals surface area contributed by atoms with Crippen molar-refractivity contribution < 1.29 is 13.2 Å². The van der Waals surface area contributed by atoms with E-state index in [1.54, 1.807) is 31.3 Å². The number of carbonyl (C=O) groups is 1. The number of likely N-dealkylation sites (tertiary alicyclic amines) is 1. The molecule has 1 aliphatic heterocycles. The van der Waals surface area contributed by atoms with Crippen LogP contribution in [0.2, 0.25) is 0 Å². The number of hydrogen-bond acceptors (Lipinski definition) is 4. The molecule has 0 bridgehead atoms. The Kier molecular flexibility index (Phi) is 9.35. The third-order valence-electron chi connectivity index (χ3n) is 5.73. The van der Waals surface area contributed by atoms with Crippen molar-refractivity contribution in [2.45, 2.75) is 49.6 Å². The Hall–Kier alpha value is -1.40. The van der Waals surface area contributed by atoms with Crippen LogP contribution in [0.15, 0.2) is 34.2 Å². The second-order valence-electron chi connectivity index (χ2n) is 7.67. The fourth-order valence-corrected chi connectivity index (χ4v) is 4.72. The fraction of sp³-hybridized carbons (Fsp3) is 0.600. The number of aliphatic imine (C=N–C) groups is 1. The predicted molar refractivity (Wildman–Crippen MR) is 128 cm³/mol. The monoisotopic (exact) mass is 549 g/mol. The van der Waals surface area contributed by atoms with Crippen LogP contribution in [0.4, 0.5) is 0 Å². The van der Waals surface area contributed by atoms with Crippen molar-refractivity contribution in [3.8, 4) is 0 Å². The molecule has 3 rings (SSSR count). The largest absolute Gasteiger partial charge is 0.352 e. The molecule has 168 valence electrons. The van der Waals surface area contributed by atoms with Crippen LogP contribution in [0.25, 0.3) is 0 Å². The fourth-order valence-electron chi connectivity index (χ4n) is 3.99. The zero-order chi connectivity index (χ0) is 20.9. The van der Waals surface area contributed by atoms with Crippen molar-refractivity contribution in [2.75, 3.05) is 27.2 Å². The quantitative estimate of drug-likeness (QED) is 0.285. The minimum absolute atomic E-state index is 0. The molecule has 1 heterocycles. The van der Waals surface area contributed by atoms with Crippen molar-refractivity contribution in [1.82, 2.24) is 20.3 Å². The minimum Gasteiger partial charge on any atom is -0.352 e. The Bertz CT molecular complexity index is 839. The molecule has 8 nitrogen and oxygen atoms in total. The van der Waals surface area contributed by atoms with E-state index in [1.807, 2.05) is 4.90 Å². The van der Waals surface area contributed by atoms with Gasteiger partial charge in [0.1, 0.15) is 0 Å². The van der Waals surface area contributed by atoms with E-state index in [1.165, 1.54) is 19.9 Å². The third kappa shape index (κ3) is 6.30. The van der Waals surface area contributed by atoms with Crippen molar-refractivity contribution in [2.24, 2.45) is 10.9 Å². The average Bonchev–Trinajstić information content (AvgIpc) is 3.43. The summed E-state index contributed by atoms with van der Waals surface area (Å²) in [4.78, 5) is 19.1. The number of guanidine groups is 1. The molecule has 1 unspecified atom stereocenters. The van der Waals surface area contributed by atoms with Gasteiger partial charge in [0.25, 0.3) is 0 Å². The number of nitrogens with one attached hydrogen (secondary N) is 3. The summed E-state index contributed by atoms with van der Waals surface area (Å²) in [5, 5.41) is 6.65. The van der Waals surface area contributed by atoms with Gasteiger partial charge in [0, 0.05) is 38.6 Å². The molecule has 1 atom stereocenters. The SMILES string of the molecule is CN=C(NCc1ccc(S(=O)(=O)NC)cc1)NC1CCN(C(=O)C2CCCC2)C1.I. The second kappa shape index (κ2) is 11.3. The lowest BCUT2D eigenvalue weighted by atomic mass is 10.1. The highest BCUT2D eigenvalue weighted by Gasteiger charge is 2.32. The van der Waals surface area contributed by atoms with Crippen LogP contribution in [0.1, 0.15) is 37.7 Å². The van der Waals surface area contributed by atoms with E-state index in [0.717, 1.165) is 31.4 Å². The lowest BCUT2D eigenvalue weighted by Gasteiger charge is -2.21. The molecule has 1 aliphatic carbocycles. The predicted octanol–water partition coefficient (Wildman–Crippen LogP) is 1.67. The summed E-state index contributed by atoms with van der Waals surface area (Å²) in [5.41, 5.74) is 0.951. The molecule has 2 aliphatic rings. The number of amides is 1. The van der Waals surface area contributed by atoms with Crippen LogP contribution in [0, 0.1) is 5.92 Å². The van der Waals surface area contributed by atoms with Gasteiger partial charge >= 0.3 is 0 Å². The van der Waals surface area contributed by atoms with Crippen molar-refractivity contribution >= 4 is 45.9 Å². The van der Waals surface area contributed by atoms with Crippen LogP contribution in [-0.2, 0) is 21.4 Å². The summed E-state index contributed by atoms with van der Waals surface area (Å²) in [7, 11) is -0.313. The summed E-state index contributed by atoms with van der Waals surface area (Å²) < 4.78 is 25.9. The van der Waals surface area contributed by atoms with Gasteiger partial charge in [0.15, 0.2) is 5.96 Å². The standard InChI is InChI=1S/C20H31N5O3S.HI/c1-21-20(23-13-15-7-9-18(10-8-15)29(27,28)22-2)24-17-11-12-25(14-17)19(26)16-5-3-4-6-16;/h7-10,16-17,22H,3-6,11-14H2,1-2H3,(H2,21,23,24);1H. The van der Waals surface area contributed by atoms with Crippen LogP contribution in [0.3, 0.4) is 0 Å². The number of carbonyl (C=O) groups excluding carboxylic acids is 1. The van der Waals surface area contributed by atoms with Crippen LogP contribution < -0.4 is 15.4 Å². The van der Waals surface area contributed by atoms with Gasteiger partial charge in [0.05, 0.1) is 4.90 Å². The molecule has 0 spiro atoms. The van der Waals surface area contributed by atoms with Gasteiger partial charge in [-0.05, 0) is 44.0 Å². The molecule has 30 heavy (non-hydrogen) atoms. The molecule has 0 radical (unpaired) electrons. The molecule has 1 amide bonds. The van der Waals surface area contributed by atoms with Gasteiger partial charge in [-0.15, -0.1) is 24.0 Å². The molecule has 1 saturated heterocycles. The van der Waals surface area contributed by atoms with Crippen molar-refractivity contribution in [1.29, 1.82) is 0 Å². The van der Waals surface area contributed by atoms with Crippen LogP contribution in [0.5, 0.6) is 0 Å². The summed E-state index contributed by atoms with van der Waals surface area (Å²) >= 11 is 0. The van der Waals surface area contributed by atoms with E-state index in [0.29, 0.717) is 25.0 Å². The van der Waals surface area contributed by atoms with Gasteiger partial charge in [-0.2, -0.15) is 0 Å². The van der Waals surface area contributed by atoms with Gasteiger partial charge in [-0.3, -0.25) is 9.79 Å². The maximum absolute atomic E-state index is 12.6. The van der Waals surface area contributed by atoms with Crippen LogP contribution in [-0.4, -0.2) is 58.4 Å². The first-order chi connectivity index (χ1) is 13.9. The van der Waals surface area contributed by atoms with Crippen molar-refractivity contribution in [3.63, 3.8) is 0 Å². The van der Waals surface area contributed by atoms with Crippen molar-refractivity contribution in [3.05, 3.63) is 29.8 Å². The molecular formula is C20H32IN5O3S. The third-order valence-corrected chi connectivity index (χ3v) is 7.16. The Labute approximate surface area is 196 Å². The minimum atomic E-state index is -3.42. The zero-order valence-electron chi connectivity index (χ0n) is 17.6. The molecule has 10 heteroatoms. The number of halogens is 1. The maximum atomic E-state index is 12.6. The van der Waals surface area contributed by atoms with E-state index in [9.17, 15) is 13.2 Å². The Balaban J connectivity index is 0.00000320. The Morgan fingerprint density at radius 2 is 1.83 bits per heavy atom. The first-order valence-electron chi connectivity index (χ1n) is 10.2. The van der Waals surface area contributed by atoms with Gasteiger partial charge in [-0.25, -0.2) is 13.1 Å². The highest BCUT2D eigenvalue weighted by molar-refractivity contribution is 14.0. The first kappa shape index (κ1) is 24.9. The van der Waals surface area contributed by atoms with E-state index in [4.69, 9.17) is 0 Å². The summed E-state index contributed by atoms with van der Waals surface area (Å²) in [6.45, 7) is 2.04. The van der Waals surface area contributed by atoms with E-state index < -0.39 is 10.0 Å². The molecule has 1 aromatic carbocycles. The maximum Gasteiger partial charge on any atom is 0.240 e. The molecule has 2 fully saturated rings. The van der Waals surface area contributed by atoms with E-state index in [2.05, 4.69) is 20.3 Å². The molecule has 1 aromatic rings. The molecule has 0 aromatic heterocycles. The van der Waals surface area contributed by atoms with Gasteiger partial charge in [0.2, 0.25) is 15.9 Å². The smallest absolute Gasteiger partial charge is 0.240 e. The number of sulfonamides is 1. The summed E-state index contributed by atoms with van der Waals surface area (Å²) in [6, 6.07) is 6.92. The van der Waals surface area contributed by atoms with Gasteiger partial charge in [-0.1, -0.05) is 25.0 Å². The number of hydrogen-bond donors (Lipinski definition) is 3. The normalized spacial score (nSPS) is 20.1. The molecular weight excluding hydrogens is 517 g/mol. The molecule has 3 N–H and O–H groups in total. The zero-order valence-corrected chi connectivity index (χ0v) is 20.7. The number of benzene rings is 1. The van der Waals surface area contributed by atoms with Gasteiger partial charge < -0.3 is 15.5 Å². The number of nitrogens with zero attached hydrogens (tertiary/aromatic N) is 2. The first-order valence-corrected chi connectivity index (χ1v) is 11.7. The summed E-state index contributed by atoms with van der Waals surface area (Å²) in [5.74, 6) is 1.21. The second-order valence-corrected chi connectivity index (χ2v) is 9.56. The number of rotatable bonds is 6. The van der Waals surface area contributed by atoms with E-state index in [-0.39, 0.29) is 40.8 Å². The van der Waals surface area contributed by atoms with Crippen LogP contribution >= 0.6 is 24.0 Å². The Morgan fingerprint density at radius 1 is 1.17 bits per heavy atom. The topological polar surface area (TPSA) is 103 Å². The highest BCUT2D eigenvalue weighted by Crippen LogP contribution is 2.27. The van der Waals surface area contributed by atoms with E-state index >= 15 is 0 Å². The lowest BCUT2D eigenvalue weighted by Crippen LogP contribution is -2.45. The molecule has 1 saturated carbocycles. The lowest BCUT2D eigenvalue weighted by molar-refractivity contribution is -0.134.